The summed E-state index contributed by atoms with van der Waals surface area (Å²) in [7, 11) is 0. The molecule has 13 heavy (non-hydrogen) atoms. The van der Waals surface area contributed by atoms with E-state index in [4.69, 9.17) is 0 Å². The molecule has 0 unspecified atom stereocenters. The van der Waals surface area contributed by atoms with Crippen LogP contribution in [0.15, 0.2) is 12.3 Å². The number of nitrogens with one attached hydrogen (secondary N) is 1. The van der Waals surface area contributed by atoms with Gasteiger partial charge in [0.15, 0.2) is 0 Å². The van der Waals surface area contributed by atoms with Crippen molar-refractivity contribution in [3.8, 4) is 0 Å². The number of nitrogens with zero attached hydrogens (tertiary/aromatic N) is 2. The molecule has 0 spiro atoms. The Hall–Kier alpha value is -1.13. The average molecular weight is 189 g/mol. The molecule has 5 heteroatoms. The quantitative estimate of drug-likeness (QED) is 0.721. The first-order valence-corrected chi connectivity index (χ1v) is 4.31. The Bertz CT molecular complexity index is 247. The van der Waals surface area contributed by atoms with Crippen molar-refractivity contribution in [2.75, 3.05) is 11.9 Å². The molecule has 1 rings (SSSR count). The van der Waals surface area contributed by atoms with Gasteiger partial charge in [-0.05, 0) is 6.42 Å². The second-order valence-electron chi connectivity index (χ2n) is 2.74. The zero-order chi connectivity index (χ0) is 9.68. The zero-order valence-electron chi connectivity index (χ0n) is 7.50. The maximum absolute atomic E-state index is 12.0. The minimum atomic E-state index is -2.55. The molecule has 1 heterocycles. The first kappa shape index (κ1) is 9.95. The molecule has 1 aromatic rings. The number of anilines is 1. The van der Waals surface area contributed by atoms with Crippen LogP contribution in [0.2, 0.25) is 0 Å². The van der Waals surface area contributed by atoms with Crippen molar-refractivity contribution >= 4 is 5.82 Å². The third-order valence-corrected chi connectivity index (χ3v) is 1.64. The minimum absolute atomic E-state index is 0.508. The van der Waals surface area contributed by atoms with Gasteiger partial charge in [0.25, 0.3) is 0 Å². The number of rotatable bonds is 5. The van der Waals surface area contributed by atoms with E-state index in [0.29, 0.717) is 10.5 Å². The fourth-order valence-corrected chi connectivity index (χ4v) is 0.934. The fourth-order valence-electron chi connectivity index (χ4n) is 0.934. The first-order valence-electron chi connectivity index (χ1n) is 4.31. The Morgan fingerprint density at radius 1 is 1.62 bits per heavy atom. The summed E-state index contributed by atoms with van der Waals surface area (Å²) in [6.45, 7) is 0.289. The molecule has 0 atom stereocenters. The summed E-state index contributed by atoms with van der Waals surface area (Å²) >= 11 is 0. The van der Waals surface area contributed by atoms with Crippen LogP contribution in [-0.2, 0) is 0 Å². The van der Waals surface area contributed by atoms with Gasteiger partial charge in [-0.25, -0.2) is 4.68 Å². The summed E-state index contributed by atoms with van der Waals surface area (Å²) in [6.07, 6.45) is 3.35. The molecule has 0 amide bonds. The third-order valence-electron chi connectivity index (χ3n) is 1.64. The van der Waals surface area contributed by atoms with E-state index < -0.39 is 6.55 Å². The molecule has 0 saturated carbocycles. The van der Waals surface area contributed by atoms with Gasteiger partial charge in [0.2, 0.25) is 0 Å². The van der Waals surface area contributed by atoms with Gasteiger partial charge in [-0.15, -0.1) is 0 Å². The van der Waals surface area contributed by atoms with E-state index >= 15 is 0 Å². The van der Waals surface area contributed by atoms with Crippen molar-refractivity contribution in [1.29, 1.82) is 0 Å². The van der Waals surface area contributed by atoms with Crippen LogP contribution in [0.4, 0.5) is 14.6 Å². The SMILES string of the molecule is CCCCNc1ccn(C(F)F)n1. The van der Waals surface area contributed by atoms with Gasteiger partial charge in [-0.2, -0.15) is 13.9 Å². The summed E-state index contributed by atoms with van der Waals surface area (Å²) in [4.78, 5) is 0. The highest BCUT2D eigenvalue weighted by Gasteiger charge is 2.06. The molecule has 3 nitrogen and oxygen atoms in total. The maximum Gasteiger partial charge on any atom is 0.333 e. The summed E-state index contributed by atoms with van der Waals surface area (Å²) in [5.41, 5.74) is 0. The summed E-state index contributed by atoms with van der Waals surface area (Å²) in [6, 6.07) is 1.54. The van der Waals surface area contributed by atoms with Crippen LogP contribution >= 0.6 is 0 Å². The normalized spacial score (nSPS) is 10.8. The Kier molecular flexibility index (Phi) is 3.67. The van der Waals surface area contributed by atoms with E-state index in [1.165, 1.54) is 6.20 Å². The van der Waals surface area contributed by atoms with Gasteiger partial charge in [0.1, 0.15) is 5.82 Å². The Morgan fingerprint density at radius 3 is 2.92 bits per heavy atom. The molecule has 74 valence electrons. The number of alkyl halides is 2. The van der Waals surface area contributed by atoms with Crippen molar-refractivity contribution in [3.63, 3.8) is 0 Å². The van der Waals surface area contributed by atoms with E-state index in [1.54, 1.807) is 6.07 Å². The van der Waals surface area contributed by atoms with Crippen LogP contribution in [-0.4, -0.2) is 16.3 Å². The number of halogens is 2. The lowest BCUT2D eigenvalue weighted by Gasteiger charge is -2.00. The van der Waals surface area contributed by atoms with Crippen LogP contribution in [0.5, 0.6) is 0 Å². The van der Waals surface area contributed by atoms with E-state index in [9.17, 15) is 8.78 Å². The molecule has 1 N–H and O–H groups in total. The van der Waals surface area contributed by atoms with E-state index in [-0.39, 0.29) is 0 Å². The molecule has 0 saturated heterocycles. The van der Waals surface area contributed by atoms with Crippen LogP contribution in [0.3, 0.4) is 0 Å². The summed E-state index contributed by atoms with van der Waals surface area (Å²) in [5.74, 6) is 0.508. The van der Waals surface area contributed by atoms with Crippen LogP contribution in [0.1, 0.15) is 26.3 Å². The number of hydrogen-bond donors (Lipinski definition) is 1. The fraction of sp³-hybridized carbons (Fsp3) is 0.625. The van der Waals surface area contributed by atoms with Crippen molar-refractivity contribution in [2.45, 2.75) is 26.3 Å². The van der Waals surface area contributed by atoms with Gasteiger partial charge >= 0.3 is 6.55 Å². The van der Waals surface area contributed by atoms with Gasteiger partial charge in [-0.3, -0.25) is 0 Å². The largest absolute Gasteiger partial charge is 0.369 e. The maximum atomic E-state index is 12.0. The smallest absolute Gasteiger partial charge is 0.333 e. The summed E-state index contributed by atoms with van der Waals surface area (Å²) in [5, 5.41) is 6.59. The van der Waals surface area contributed by atoms with E-state index in [1.807, 2.05) is 0 Å². The molecule has 1 aromatic heterocycles. The van der Waals surface area contributed by atoms with E-state index in [0.717, 1.165) is 19.4 Å². The predicted octanol–water partition coefficient (Wildman–Crippen LogP) is 2.49. The lowest BCUT2D eigenvalue weighted by Crippen LogP contribution is -2.03. The minimum Gasteiger partial charge on any atom is -0.369 e. The zero-order valence-corrected chi connectivity index (χ0v) is 7.50. The highest BCUT2D eigenvalue weighted by Crippen LogP contribution is 2.11. The monoisotopic (exact) mass is 189 g/mol. The predicted molar refractivity (Wildman–Crippen MR) is 46.9 cm³/mol. The lowest BCUT2D eigenvalue weighted by atomic mass is 10.3. The third kappa shape index (κ3) is 3.01. The molecule has 0 aliphatic heterocycles. The average Bonchev–Trinajstić information content (AvgIpc) is 2.53. The van der Waals surface area contributed by atoms with Gasteiger partial charge in [0.05, 0.1) is 0 Å². The van der Waals surface area contributed by atoms with Gasteiger partial charge in [-0.1, -0.05) is 13.3 Å². The number of unbranched alkanes of at least 4 members (excludes halogenated alkanes) is 1. The molecular formula is C8H13F2N3. The van der Waals surface area contributed by atoms with Crippen LogP contribution < -0.4 is 5.32 Å². The highest BCUT2D eigenvalue weighted by molar-refractivity contribution is 5.31. The number of aromatic nitrogens is 2. The molecule has 0 aliphatic rings. The van der Waals surface area contributed by atoms with Gasteiger partial charge < -0.3 is 5.32 Å². The summed E-state index contributed by atoms with van der Waals surface area (Å²) < 4.78 is 24.7. The lowest BCUT2D eigenvalue weighted by molar-refractivity contribution is 0.0569. The highest BCUT2D eigenvalue weighted by atomic mass is 19.3. The molecule has 0 radical (unpaired) electrons. The van der Waals surface area contributed by atoms with Crippen molar-refractivity contribution in [2.24, 2.45) is 0 Å². The van der Waals surface area contributed by atoms with Crippen molar-refractivity contribution in [3.05, 3.63) is 12.3 Å². The standard InChI is InChI=1S/C8H13F2N3/c1-2-3-5-11-7-4-6-13(12-7)8(9)10/h4,6,8H,2-3,5H2,1H3,(H,11,12). The molecule has 0 aliphatic carbocycles. The molecular weight excluding hydrogens is 176 g/mol. The van der Waals surface area contributed by atoms with Crippen molar-refractivity contribution in [1.82, 2.24) is 9.78 Å². The second kappa shape index (κ2) is 4.79. The Morgan fingerprint density at radius 2 is 2.38 bits per heavy atom. The van der Waals surface area contributed by atoms with Gasteiger partial charge in [0, 0.05) is 18.8 Å². The molecule has 0 aromatic carbocycles. The van der Waals surface area contributed by atoms with Crippen LogP contribution in [0.25, 0.3) is 0 Å². The van der Waals surface area contributed by atoms with Crippen LogP contribution in [0, 0.1) is 0 Å². The second-order valence-corrected chi connectivity index (χ2v) is 2.74. The molecule has 0 fully saturated rings. The number of hydrogen-bond acceptors (Lipinski definition) is 2. The first-order chi connectivity index (χ1) is 6.24. The molecule has 0 bridgehead atoms. The topological polar surface area (TPSA) is 29.9 Å². The Balaban J connectivity index is 2.40. The van der Waals surface area contributed by atoms with Crippen molar-refractivity contribution < 1.29 is 8.78 Å². The Labute approximate surface area is 75.7 Å². The van der Waals surface area contributed by atoms with E-state index in [2.05, 4.69) is 17.3 Å².